The number of nitrogens with zero attached hydrogens (tertiary/aromatic N) is 1. The average Bonchev–Trinajstić information content (AvgIpc) is 2.21. The van der Waals surface area contributed by atoms with Gasteiger partial charge in [0.05, 0.1) is 6.67 Å². The molecule has 0 aliphatic heterocycles. The normalized spacial score (nSPS) is 23.8. The van der Waals surface area contributed by atoms with Gasteiger partial charge in [-0.25, -0.2) is 4.39 Å². The van der Waals surface area contributed by atoms with Gasteiger partial charge in [0.2, 0.25) is 0 Å². The highest BCUT2D eigenvalue weighted by molar-refractivity contribution is 4.92. The van der Waals surface area contributed by atoms with Gasteiger partial charge in [0, 0.05) is 5.41 Å². The van der Waals surface area contributed by atoms with Gasteiger partial charge in [-0.05, 0) is 12.8 Å². The molecule has 1 aliphatic rings. The maximum Gasteiger partial charge on any atom is 0.128 e. The predicted molar refractivity (Wildman–Crippen MR) is 47.1 cm³/mol. The third kappa shape index (κ3) is 2.03. The van der Waals surface area contributed by atoms with Crippen molar-refractivity contribution in [2.24, 2.45) is 10.6 Å². The van der Waals surface area contributed by atoms with Crippen LogP contribution in [0.4, 0.5) is 8.78 Å². The molecule has 0 heterocycles. The molecule has 2 nitrogen and oxygen atoms in total. The maximum atomic E-state index is 12.8. The van der Waals surface area contributed by atoms with Gasteiger partial charge >= 0.3 is 0 Å². The molecular weight excluding hydrogens is 176 g/mol. The fraction of sp³-hybridized carbons (Fsp3) is 1.00. The van der Waals surface area contributed by atoms with E-state index in [4.69, 9.17) is 0 Å². The van der Waals surface area contributed by atoms with E-state index < -0.39 is 24.8 Å². The summed E-state index contributed by atoms with van der Waals surface area (Å²) in [6.07, 6.45) is 4.03. The van der Waals surface area contributed by atoms with Crippen LogP contribution in [0.1, 0.15) is 32.1 Å². The zero-order valence-electron chi connectivity index (χ0n) is 7.64. The second kappa shape index (κ2) is 4.63. The molecule has 0 saturated heterocycles. The molecule has 0 aromatic rings. The van der Waals surface area contributed by atoms with Gasteiger partial charge in [-0.3, -0.25) is 4.39 Å². The standard InChI is InChI=1S/C9H15F2NO/c10-6-8(12-13)9(7-11)4-2-1-3-5-9/h8H,1-7H2. The number of hydrogen-bond acceptors (Lipinski definition) is 2. The highest BCUT2D eigenvalue weighted by Gasteiger charge is 2.41. The van der Waals surface area contributed by atoms with Crippen LogP contribution in [0.25, 0.3) is 0 Å². The fourth-order valence-electron chi connectivity index (χ4n) is 2.12. The van der Waals surface area contributed by atoms with Crippen molar-refractivity contribution in [3.05, 3.63) is 4.91 Å². The lowest BCUT2D eigenvalue weighted by molar-refractivity contribution is 0.0901. The first-order valence-electron chi connectivity index (χ1n) is 4.73. The smallest absolute Gasteiger partial charge is 0.128 e. The van der Waals surface area contributed by atoms with E-state index >= 15 is 0 Å². The molecule has 0 spiro atoms. The number of alkyl halides is 2. The molecular formula is C9H15F2NO. The van der Waals surface area contributed by atoms with E-state index in [1.54, 1.807) is 0 Å². The second-order valence-corrected chi connectivity index (χ2v) is 3.83. The first-order valence-corrected chi connectivity index (χ1v) is 4.73. The van der Waals surface area contributed by atoms with E-state index in [-0.39, 0.29) is 0 Å². The second-order valence-electron chi connectivity index (χ2n) is 3.83. The Kier molecular flexibility index (Phi) is 3.75. The highest BCUT2D eigenvalue weighted by atomic mass is 19.1. The molecule has 4 heteroatoms. The summed E-state index contributed by atoms with van der Waals surface area (Å²) < 4.78 is 25.2. The summed E-state index contributed by atoms with van der Waals surface area (Å²) in [7, 11) is 0. The number of rotatable bonds is 4. The van der Waals surface area contributed by atoms with Crippen molar-refractivity contribution < 1.29 is 8.78 Å². The van der Waals surface area contributed by atoms with Crippen molar-refractivity contribution in [1.29, 1.82) is 0 Å². The Morgan fingerprint density at radius 2 is 1.85 bits per heavy atom. The monoisotopic (exact) mass is 191 g/mol. The highest BCUT2D eigenvalue weighted by Crippen LogP contribution is 2.41. The molecule has 0 aromatic carbocycles. The molecule has 0 radical (unpaired) electrons. The minimum absolute atomic E-state index is 0.601. The third-order valence-electron chi connectivity index (χ3n) is 3.10. The van der Waals surface area contributed by atoms with Crippen LogP contribution in [0.2, 0.25) is 0 Å². The number of nitroso groups, excluding NO2 is 1. The van der Waals surface area contributed by atoms with Crippen molar-refractivity contribution in [2.75, 3.05) is 13.3 Å². The Morgan fingerprint density at radius 3 is 2.23 bits per heavy atom. The van der Waals surface area contributed by atoms with Crippen LogP contribution in [0.3, 0.4) is 0 Å². The topological polar surface area (TPSA) is 29.4 Å². The quantitative estimate of drug-likeness (QED) is 0.628. The van der Waals surface area contributed by atoms with Crippen molar-refractivity contribution in [2.45, 2.75) is 38.1 Å². The summed E-state index contributed by atoms with van der Waals surface area (Å²) in [4.78, 5) is 10.3. The largest absolute Gasteiger partial charge is 0.250 e. The molecule has 1 unspecified atom stereocenters. The number of hydrogen-bond donors (Lipinski definition) is 0. The summed E-state index contributed by atoms with van der Waals surface area (Å²) in [5.74, 6) is 0. The summed E-state index contributed by atoms with van der Waals surface area (Å²) in [5, 5.41) is 2.71. The maximum absolute atomic E-state index is 12.8. The van der Waals surface area contributed by atoms with Crippen LogP contribution >= 0.6 is 0 Å². The van der Waals surface area contributed by atoms with Crippen LogP contribution in [-0.2, 0) is 0 Å². The molecule has 1 atom stereocenters. The van der Waals surface area contributed by atoms with Gasteiger partial charge in [-0.15, -0.1) is 0 Å². The van der Waals surface area contributed by atoms with Gasteiger partial charge in [-0.2, -0.15) is 4.91 Å². The van der Waals surface area contributed by atoms with Gasteiger partial charge < -0.3 is 0 Å². The molecule has 1 rings (SSSR count). The van der Waals surface area contributed by atoms with E-state index in [1.807, 2.05) is 0 Å². The Bertz CT molecular complexity index is 169. The summed E-state index contributed by atoms with van der Waals surface area (Å²) in [6.45, 7) is -1.44. The fourth-order valence-corrected chi connectivity index (χ4v) is 2.12. The van der Waals surface area contributed by atoms with Gasteiger partial charge in [0.1, 0.15) is 12.7 Å². The lowest BCUT2D eigenvalue weighted by atomic mass is 9.70. The number of halogens is 2. The lowest BCUT2D eigenvalue weighted by Gasteiger charge is -2.36. The van der Waals surface area contributed by atoms with Crippen LogP contribution in [-0.4, -0.2) is 19.4 Å². The first kappa shape index (κ1) is 10.5. The van der Waals surface area contributed by atoms with Gasteiger partial charge in [0.15, 0.2) is 0 Å². The molecule has 1 aliphatic carbocycles. The minimum Gasteiger partial charge on any atom is -0.250 e. The van der Waals surface area contributed by atoms with Crippen LogP contribution in [0.5, 0.6) is 0 Å². The van der Waals surface area contributed by atoms with Gasteiger partial charge in [-0.1, -0.05) is 24.4 Å². The van der Waals surface area contributed by atoms with Crippen molar-refractivity contribution >= 4 is 0 Å². The zero-order chi connectivity index (χ0) is 9.73. The van der Waals surface area contributed by atoms with E-state index in [0.717, 1.165) is 19.3 Å². The molecule has 76 valence electrons. The molecule has 1 saturated carbocycles. The SMILES string of the molecule is O=NC(CF)C1(CF)CCCCC1. The Balaban J connectivity index is 2.70. The summed E-state index contributed by atoms with van der Waals surface area (Å²) in [6, 6.07) is -0.974. The van der Waals surface area contributed by atoms with E-state index in [1.165, 1.54) is 0 Å². The Hall–Kier alpha value is -0.540. The molecule has 0 bridgehead atoms. The molecule has 13 heavy (non-hydrogen) atoms. The Morgan fingerprint density at radius 1 is 1.23 bits per heavy atom. The van der Waals surface area contributed by atoms with Crippen molar-refractivity contribution in [1.82, 2.24) is 0 Å². The average molecular weight is 191 g/mol. The third-order valence-corrected chi connectivity index (χ3v) is 3.10. The minimum atomic E-state index is -0.974. The predicted octanol–water partition coefficient (Wildman–Crippen LogP) is 3.01. The van der Waals surface area contributed by atoms with Gasteiger partial charge in [0.25, 0.3) is 0 Å². The summed E-state index contributed by atoms with van der Waals surface area (Å²) >= 11 is 0. The van der Waals surface area contributed by atoms with Crippen molar-refractivity contribution in [3.63, 3.8) is 0 Å². The van der Waals surface area contributed by atoms with Crippen LogP contribution in [0, 0.1) is 10.3 Å². The van der Waals surface area contributed by atoms with E-state index in [2.05, 4.69) is 5.18 Å². The molecule has 1 fully saturated rings. The molecule has 0 amide bonds. The Labute approximate surface area is 76.7 Å². The molecule has 0 aromatic heterocycles. The summed E-state index contributed by atoms with van der Waals surface area (Å²) in [5.41, 5.74) is -0.783. The van der Waals surface area contributed by atoms with E-state index in [9.17, 15) is 13.7 Å². The van der Waals surface area contributed by atoms with Crippen LogP contribution in [0.15, 0.2) is 5.18 Å². The lowest BCUT2D eigenvalue weighted by Crippen LogP contribution is -2.39. The molecule has 0 N–H and O–H groups in total. The van der Waals surface area contributed by atoms with Crippen molar-refractivity contribution in [3.8, 4) is 0 Å². The van der Waals surface area contributed by atoms with Crippen LogP contribution < -0.4 is 0 Å². The first-order chi connectivity index (χ1) is 6.29. The van der Waals surface area contributed by atoms with E-state index in [0.29, 0.717) is 12.8 Å². The zero-order valence-corrected chi connectivity index (χ0v) is 7.64.